The van der Waals surface area contributed by atoms with Gasteiger partial charge in [-0.15, -0.1) is 0 Å². The number of anilines is 1. The molecule has 8 nitrogen and oxygen atoms in total. The molecule has 1 atom stereocenters. The van der Waals surface area contributed by atoms with E-state index >= 15 is 0 Å². The molecule has 1 amide bonds. The van der Waals surface area contributed by atoms with Gasteiger partial charge in [-0.25, -0.2) is 13.2 Å². The Labute approximate surface area is 196 Å². The highest BCUT2D eigenvalue weighted by atomic mass is 32.2. The molecule has 0 aromatic heterocycles. The van der Waals surface area contributed by atoms with Crippen molar-refractivity contribution in [3.05, 3.63) is 101 Å². The number of esters is 1. The first kappa shape index (κ1) is 23.1. The number of methoxy groups -OCH3 is 2. The van der Waals surface area contributed by atoms with Crippen molar-refractivity contribution < 1.29 is 32.6 Å². The molecule has 1 N–H and O–H groups in total. The van der Waals surface area contributed by atoms with E-state index < -0.39 is 38.4 Å². The van der Waals surface area contributed by atoms with Crippen LogP contribution < -0.4 is 9.64 Å². The summed E-state index contributed by atoms with van der Waals surface area (Å²) >= 11 is 0. The van der Waals surface area contributed by atoms with Crippen molar-refractivity contribution in [2.24, 2.45) is 0 Å². The van der Waals surface area contributed by atoms with Crippen LogP contribution in [0, 0.1) is 0 Å². The summed E-state index contributed by atoms with van der Waals surface area (Å²) in [5.41, 5.74) is 1.00. The number of carbonyl (C=O) groups excluding carboxylic acids is 2. The summed E-state index contributed by atoms with van der Waals surface area (Å²) in [4.78, 5) is 25.8. The van der Waals surface area contributed by atoms with E-state index in [0.717, 1.165) is 0 Å². The molecule has 1 aliphatic rings. The number of ether oxygens (including phenoxy) is 2. The van der Waals surface area contributed by atoms with Crippen LogP contribution in [0.1, 0.15) is 22.0 Å². The molecule has 0 saturated heterocycles. The minimum atomic E-state index is -4.25. The van der Waals surface area contributed by atoms with E-state index in [4.69, 9.17) is 9.47 Å². The molecule has 1 aliphatic heterocycles. The van der Waals surface area contributed by atoms with Gasteiger partial charge in [0.25, 0.3) is 5.91 Å². The van der Waals surface area contributed by atoms with Gasteiger partial charge in [0.2, 0.25) is 9.84 Å². The Morgan fingerprint density at radius 3 is 2.09 bits per heavy atom. The highest BCUT2D eigenvalue weighted by Gasteiger charge is 2.47. The quantitative estimate of drug-likeness (QED) is 0.535. The van der Waals surface area contributed by atoms with Crippen LogP contribution in [0.3, 0.4) is 0 Å². The van der Waals surface area contributed by atoms with Crippen LogP contribution in [0.2, 0.25) is 0 Å². The van der Waals surface area contributed by atoms with Crippen molar-refractivity contribution in [1.29, 1.82) is 0 Å². The van der Waals surface area contributed by atoms with Gasteiger partial charge >= 0.3 is 5.97 Å². The molecule has 1 heterocycles. The number of aliphatic hydroxyl groups excluding tert-OH is 1. The summed E-state index contributed by atoms with van der Waals surface area (Å²) < 4.78 is 37.1. The molecule has 174 valence electrons. The summed E-state index contributed by atoms with van der Waals surface area (Å²) in [6.45, 7) is 0. The maximum atomic E-state index is 13.6. The summed E-state index contributed by atoms with van der Waals surface area (Å²) in [5, 5.41) is 10.8. The fourth-order valence-electron chi connectivity index (χ4n) is 3.81. The molecule has 0 aliphatic carbocycles. The first-order chi connectivity index (χ1) is 16.3. The van der Waals surface area contributed by atoms with E-state index in [1.54, 1.807) is 42.5 Å². The van der Waals surface area contributed by atoms with Crippen LogP contribution in [0.5, 0.6) is 5.75 Å². The van der Waals surface area contributed by atoms with Gasteiger partial charge in [-0.2, -0.15) is 0 Å². The van der Waals surface area contributed by atoms with Gasteiger partial charge in [-0.05, 0) is 54.1 Å². The monoisotopic (exact) mass is 479 g/mol. The van der Waals surface area contributed by atoms with Gasteiger partial charge < -0.3 is 14.6 Å². The zero-order valence-corrected chi connectivity index (χ0v) is 19.2. The Balaban J connectivity index is 1.90. The second-order valence-corrected chi connectivity index (χ2v) is 9.34. The lowest BCUT2D eigenvalue weighted by molar-refractivity contribution is -0.117. The molecule has 34 heavy (non-hydrogen) atoms. The Kier molecular flexibility index (Phi) is 6.12. The van der Waals surface area contributed by atoms with Gasteiger partial charge in [0.1, 0.15) is 16.7 Å². The predicted octanol–water partition coefficient (Wildman–Crippen LogP) is 3.81. The molecule has 0 fully saturated rings. The topological polar surface area (TPSA) is 110 Å². The molecule has 0 saturated carbocycles. The number of benzene rings is 3. The number of rotatable bonds is 6. The molecule has 3 aromatic carbocycles. The molecular weight excluding hydrogens is 458 g/mol. The fraction of sp³-hybridized carbons (Fsp3) is 0.120. The van der Waals surface area contributed by atoms with E-state index in [-0.39, 0.29) is 10.5 Å². The van der Waals surface area contributed by atoms with E-state index in [0.29, 0.717) is 17.0 Å². The van der Waals surface area contributed by atoms with Crippen LogP contribution in [0.25, 0.3) is 0 Å². The zero-order chi connectivity index (χ0) is 24.5. The molecule has 0 spiro atoms. The maximum absolute atomic E-state index is 13.6. The van der Waals surface area contributed by atoms with Crippen LogP contribution in [0.15, 0.2) is 94.4 Å². The average molecular weight is 480 g/mol. The van der Waals surface area contributed by atoms with Crippen molar-refractivity contribution in [3.63, 3.8) is 0 Å². The van der Waals surface area contributed by atoms with Crippen LogP contribution >= 0.6 is 0 Å². The highest BCUT2D eigenvalue weighted by Crippen LogP contribution is 2.45. The minimum absolute atomic E-state index is 0.0582. The standard InChI is InChI=1S/C25H21NO7S/c1-32-19-14-12-18(13-15-19)26-21(16-8-10-17(11-9-16)25(29)33-2)23(22(27)24(26)28)34(30,31)20-6-4-3-5-7-20/h3-15,21,27H,1-2H3/t21-/m0/s1. The number of sulfone groups is 1. The second-order valence-electron chi connectivity index (χ2n) is 7.42. The van der Waals surface area contributed by atoms with Crippen molar-refractivity contribution in [2.75, 3.05) is 19.1 Å². The lowest BCUT2D eigenvalue weighted by Crippen LogP contribution is -2.31. The fourth-order valence-corrected chi connectivity index (χ4v) is 5.46. The molecule has 0 unspecified atom stereocenters. The largest absolute Gasteiger partial charge is 0.502 e. The molecule has 3 aromatic rings. The molecule has 9 heteroatoms. The first-order valence-corrected chi connectivity index (χ1v) is 11.7. The Morgan fingerprint density at radius 1 is 0.912 bits per heavy atom. The Hall–Kier alpha value is -4.11. The average Bonchev–Trinajstić information content (AvgIpc) is 3.15. The summed E-state index contributed by atoms with van der Waals surface area (Å²) in [7, 11) is -1.50. The van der Waals surface area contributed by atoms with Gasteiger partial charge in [0, 0.05) is 5.69 Å². The van der Waals surface area contributed by atoms with E-state index in [9.17, 15) is 23.1 Å². The number of hydrogen-bond acceptors (Lipinski definition) is 7. The van der Waals surface area contributed by atoms with Gasteiger partial charge in [0.05, 0.1) is 24.7 Å². The predicted molar refractivity (Wildman–Crippen MR) is 124 cm³/mol. The number of hydrogen-bond donors (Lipinski definition) is 1. The normalized spacial score (nSPS) is 16.0. The van der Waals surface area contributed by atoms with Crippen molar-refractivity contribution in [3.8, 4) is 5.75 Å². The second kappa shape index (κ2) is 9.03. The number of aliphatic hydroxyl groups is 1. The van der Waals surface area contributed by atoms with Gasteiger partial charge in [-0.1, -0.05) is 30.3 Å². The van der Waals surface area contributed by atoms with Gasteiger partial charge in [-0.3, -0.25) is 9.69 Å². The van der Waals surface area contributed by atoms with Crippen molar-refractivity contribution in [2.45, 2.75) is 10.9 Å². The van der Waals surface area contributed by atoms with E-state index in [1.165, 1.54) is 55.5 Å². The van der Waals surface area contributed by atoms with Gasteiger partial charge in [0.15, 0.2) is 5.76 Å². The molecule has 0 radical (unpaired) electrons. The summed E-state index contributed by atoms with van der Waals surface area (Å²) in [6, 6.07) is 18.8. The third kappa shape index (κ3) is 3.90. The molecule has 4 rings (SSSR count). The smallest absolute Gasteiger partial charge is 0.337 e. The lowest BCUT2D eigenvalue weighted by Gasteiger charge is -2.27. The summed E-state index contributed by atoms with van der Waals surface area (Å²) in [6.07, 6.45) is 0. The SMILES string of the molecule is COC(=O)c1ccc([C@H]2C(S(=O)(=O)c3ccccc3)=C(O)C(=O)N2c2ccc(OC)cc2)cc1. The van der Waals surface area contributed by atoms with E-state index in [1.807, 2.05) is 0 Å². The van der Waals surface area contributed by atoms with Crippen LogP contribution in [0.4, 0.5) is 5.69 Å². The van der Waals surface area contributed by atoms with Crippen LogP contribution in [-0.4, -0.2) is 39.6 Å². The highest BCUT2D eigenvalue weighted by molar-refractivity contribution is 7.95. The van der Waals surface area contributed by atoms with Crippen LogP contribution in [-0.2, 0) is 19.4 Å². The molecular formula is C25H21NO7S. The summed E-state index contributed by atoms with van der Waals surface area (Å²) in [5.74, 6) is -1.73. The third-order valence-corrected chi connectivity index (χ3v) is 7.39. The molecule has 0 bridgehead atoms. The van der Waals surface area contributed by atoms with Crippen molar-refractivity contribution >= 4 is 27.4 Å². The Morgan fingerprint density at radius 2 is 1.53 bits per heavy atom. The number of amides is 1. The maximum Gasteiger partial charge on any atom is 0.337 e. The number of carbonyl (C=O) groups is 2. The zero-order valence-electron chi connectivity index (χ0n) is 18.3. The number of nitrogens with zero attached hydrogens (tertiary/aromatic N) is 1. The van der Waals surface area contributed by atoms with Crippen molar-refractivity contribution in [1.82, 2.24) is 0 Å². The third-order valence-electron chi connectivity index (χ3n) is 5.50. The van der Waals surface area contributed by atoms with E-state index in [2.05, 4.69) is 0 Å². The first-order valence-electron chi connectivity index (χ1n) is 10.2. The lowest BCUT2D eigenvalue weighted by atomic mass is 10.0. The Bertz CT molecular complexity index is 1360. The minimum Gasteiger partial charge on any atom is -0.502 e.